The molecular formula is C15H28O4. The molecule has 0 spiro atoms. The highest BCUT2D eigenvalue weighted by Gasteiger charge is 2.43. The Balaban J connectivity index is 2.43. The van der Waals surface area contributed by atoms with Gasteiger partial charge in [-0.1, -0.05) is 38.3 Å². The molecule has 0 radical (unpaired) electrons. The Kier molecular flexibility index (Phi) is 7.00. The van der Waals surface area contributed by atoms with Crippen LogP contribution in [0.5, 0.6) is 0 Å². The van der Waals surface area contributed by atoms with Crippen LogP contribution in [0.2, 0.25) is 0 Å². The molecule has 0 aliphatic carbocycles. The second kappa shape index (κ2) is 8.00. The van der Waals surface area contributed by atoms with Gasteiger partial charge in [-0.05, 0) is 26.7 Å². The topological polar surface area (TPSA) is 58.9 Å². The molecule has 2 N–H and O–H groups in total. The molecule has 0 unspecified atom stereocenters. The molecule has 0 amide bonds. The zero-order chi connectivity index (χ0) is 14.3. The summed E-state index contributed by atoms with van der Waals surface area (Å²) in [5.41, 5.74) is 0. The molecule has 1 aliphatic heterocycles. The van der Waals surface area contributed by atoms with Gasteiger partial charge >= 0.3 is 0 Å². The minimum atomic E-state index is -0.906. The summed E-state index contributed by atoms with van der Waals surface area (Å²) < 4.78 is 11.4. The Morgan fingerprint density at radius 2 is 1.95 bits per heavy atom. The highest BCUT2D eigenvalue weighted by molar-refractivity contribution is 5.00. The zero-order valence-electron chi connectivity index (χ0n) is 12.3. The van der Waals surface area contributed by atoms with Crippen molar-refractivity contribution >= 4 is 0 Å². The summed E-state index contributed by atoms with van der Waals surface area (Å²) >= 11 is 0. The number of hydrogen-bond donors (Lipinski definition) is 2. The van der Waals surface area contributed by atoms with Crippen LogP contribution in [-0.2, 0) is 9.47 Å². The lowest BCUT2D eigenvalue weighted by atomic mass is 10.1. The summed E-state index contributed by atoms with van der Waals surface area (Å²) in [6.07, 6.45) is 8.30. The molecular weight excluding hydrogens is 244 g/mol. The predicted octanol–water partition coefficient (Wildman–Crippen LogP) is 2.39. The third kappa shape index (κ3) is 5.61. The van der Waals surface area contributed by atoms with Crippen molar-refractivity contribution in [2.45, 2.75) is 77.0 Å². The van der Waals surface area contributed by atoms with Crippen LogP contribution in [0.25, 0.3) is 0 Å². The summed E-state index contributed by atoms with van der Waals surface area (Å²) in [5.74, 6) is -0.710. The van der Waals surface area contributed by atoms with Crippen molar-refractivity contribution < 1.29 is 19.7 Å². The third-order valence-electron chi connectivity index (χ3n) is 3.28. The number of rotatable bonds is 8. The second-order valence-corrected chi connectivity index (χ2v) is 5.59. The average molecular weight is 272 g/mol. The Bertz CT molecular complexity index is 275. The first-order valence-corrected chi connectivity index (χ1v) is 7.31. The SMILES string of the molecule is CCCCCC/C=C/[C@@H]1OC(C)(C)O[C@@H]1[C@H](O)CO. The van der Waals surface area contributed by atoms with E-state index < -0.39 is 18.0 Å². The molecule has 112 valence electrons. The minimum absolute atomic E-state index is 0.289. The lowest BCUT2D eigenvalue weighted by Gasteiger charge is -2.19. The van der Waals surface area contributed by atoms with Crippen LogP contribution in [0, 0.1) is 0 Å². The van der Waals surface area contributed by atoms with Crippen LogP contribution in [0.3, 0.4) is 0 Å². The van der Waals surface area contributed by atoms with E-state index in [0.29, 0.717) is 0 Å². The first-order valence-electron chi connectivity index (χ1n) is 7.31. The Morgan fingerprint density at radius 3 is 2.58 bits per heavy atom. The Labute approximate surface area is 116 Å². The van der Waals surface area contributed by atoms with Crippen LogP contribution in [0.15, 0.2) is 12.2 Å². The number of aliphatic hydroxyl groups is 2. The quantitative estimate of drug-likeness (QED) is 0.526. The molecule has 0 aromatic heterocycles. The maximum atomic E-state index is 9.74. The van der Waals surface area contributed by atoms with Crippen molar-refractivity contribution in [1.29, 1.82) is 0 Å². The molecule has 4 nitrogen and oxygen atoms in total. The summed E-state index contributed by atoms with van der Waals surface area (Å²) in [4.78, 5) is 0. The van der Waals surface area contributed by atoms with Gasteiger partial charge < -0.3 is 19.7 Å². The fourth-order valence-corrected chi connectivity index (χ4v) is 2.29. The lowest BCUT2D eigenvalue weighted by molar-refractivity contribution is -0.155. The maximum Gasteiger partial charge on any atom is 0.164 e. The van der Waals surface area contributed by atoms with Gasteiger partial charge in [-0.3, -0.25) is 0 Å². The smallest absolute Gasteiger partial charge is 0.164 e. The minimum Gasteiger partial charge on any atom is -0.394 e. The predicted molar refractivity (Wildman–Crippen MR) is 74.8 cm³/mol. The van der Waals surface area contributed by atoms with E-state index >= 15 is 0 Å². The van der Waals surface area contributed by atoms with Crippen LogP contribution in [0.4, 0.5) is 0 Å². The summed E-state index contributed by atoms with van der Waals surface area (Å²) in [7, 11) is 0. The van der Waals surface area contributed by atoms with Gasteiger partial charge in [0.1, 0.15) is 18.3 Å². The standard InChI is InChI=1S/C15H28O4/c1-4-5-6-7-8-9-10-13-14(12(17)11-16)19-15(2,3)18-13/h9-10,12-14,16-17H,4-8,11H2,1-3H3/b10-9+/t12-,13+,14-/m1/s1. The summed E-state index contributed by atoms with van der Waals surface area (Å²) in [6.45, 7) is 5.52. The van der Waals surface area contributed by atoms with Gasteiger partial charge in [0.05, 0.1) is 6.61 Å². The van der Waals surface area contributed by atoms with Crippen molar-refractivity contribution in [1.82, 2.24) is 0 Å². The first kappa shape index (κ1) is 16.6. The Morgan fingerprint density at radius 1 is 1.21 bits per heavy atom. The van der Waals surface area contributed by atoms with Crippen molar-refractivity contribution in [3.05, 3.63) is 12.2 Å². The van der Waals surface area contributed by atoms with E-state index in [1.165, 1.54) is 25.7 Å². The van der Waals surface area contributed by atoms with E-state index in [9.17, 15) is 5.11 Å². The molecule has 1 heterocycles. The molecule has 1 aliphatic rings. The van der Waals surface area contributed by atoms with Gasteiger partial charge in [0, 0.05) is 0 Å². The molecule has 0 saturated carbocycles. The number of allylic oxidation sites excluding steroid dienone is 1. The van der Waals surface area contributed by atoms with E-state index in [1.54, 1.807) is 0 Å². The van der Waals surface area contributed by atoms with Crippen molar-refractivity contribution in [2.75, 3.05) is 6.61 Å². The van der Waals surface area contributed by atoms with Gasteiger partial charge in [-0.2, -0.15) is 0 Å². The number of ether oxygens (including phenoxy) is 2. The van der Waals surface area contributed by atoms with Crippen LogP contribution in [-0.4, -0.2) is 40.9 Å². The lowest BCUT2D eigenvalue weighted by Crippen LogP contribution is -2.37. The largest absolute Gasteiger partial charge is 0.394 e. The Hall–Kier alpha value is -0.420. The number of hydrogen-bond acceptors (Lipinski definition) is 4. The van der Waals surface area contributed by atoms with Crippen LogP contribution in [0.1, 0.15) is 52.9 Å². The van der Waals surface area contributed by atoms with Gasteiger partial charge in [0.2, 0.25) is 0 Å². The molecule has 1 rings (SSSR count). The molecule has 3 atom stereocenters. The zero-order valence-corrected chi connectivity index (χ0v) is 12.3. The van der Waals surface area contributed by atoms with Gasteiger partial charge in [-0.15, -0.1) is 0 Å². The fourth-order valence-electron chi connectivity index (χ4n) is 2.29. The fraction of sp³-hybridized carbons (Fsp3) is 0.867. The monoisotopic (exact) mass is 272 g/mol. The van der Waals surface area contributed by atoms with Crippen molar-refractivity contribution in [3.8, 4) is 0 Å². The number of aliphatic hydroxyl groups excluding tert-OH is 2. The molecule has 0 aromatic rings. The molecule has 4 heteroatoms. The average Bonchev–Trinajstić information content (AvgIpc) is 2.68. The van der Waals surface area contributed by atoms with Gasteiger partial charge in [-0.25, -0.2) is 0 Å². The van der Waals surface area contributed by atoms with Crippen LogP contribution < -0.4 is 0 Å². The second-order valence-electron chi connectivity index (χ2n) is 5.59. The van der Waals surface area contributed by atoms with E-state index in [4.69, 9.17) is 14.6 Å². The van der Waals surface area contributed by atoms with Crippen LogP contribution >= 0.6 is 0 Å². The third-order valence-corrected chi connectivity index (χ3v) is 3.28. The molecule has 19 heavy (non-hydrogen) atoms. The molecule has 1 fully saturated rings. The maximum absolute atomic E-state index is 9.74. The van der Waals surface area contributed by atoms with E-state index in [2.05, 4.69) is 13.0 Å². The summed E-state index contributed by atoms with van der Waals surface area (Å²) in [6, 6.07) is 0. The summed E-state index contributed by atoms with van der Waals surface area (Å²) in [5, 5.41) is 18.8. The van der Waals surface area contributed by atoms with Crippen molar-refractivity contribution in [2.24, 2.45) is 0 Å². The normalized spacial score (nSPS) is 28.1. The van der Waals surface area contributed by atoms with Gasteiger partial charge in [0.15, 0.2) is 5.79 Å². The van der Waals surface area contributed by atoms with E-state index in [-0.39, 0.29) is 12.7 Å². The van der Waals surface area contributed by atoms with E-state index in [1.807, 2.05) is 19.9 Å². The molecule has 0 aromatic carbocycles. The molecule has 0 bridgehead atoms. The molecule has 1 saturated heterocycles. The number of unbranched alkanes of at least 4 members (excludes halogenated alkanes) is 4. The first-order chi connectivity index (χ1) is 9.00. The highest BCUT2D eigenvalue weighted by atomic mass is 16.8. The highest BCUT2D eigenvalue weighted by Crippen LogP contribution is 2.30. The van der Waals surface area contributed by atoms with E-state index in [0.717, 1.165) is 6.42 Å². The van der Waals surface area contributed by atoms with Gasteiger partial charge in [0.25, 0.3) is 0 Å². The van der Waals surface area contributed by atoms with Crippen molar-refractivity contribution in [3.63, 3.8) is 0 Å².